The Morgan fingerprint density at radius 1 is 1.29 bits per heavy atom. The van der Waals surface area contributed by atoms with Crippen molar-refractivity contribution in [1.82, 2.24) is 29.8 Å². The van der Waals surface area contributed by atoms with E-state index < -0.39 is 17.2 Å². The molecule has 0 aliphatic carbocycles. The van der Waals surface area contributed by atoms with Crippen molar-refractivity contribution in [2.45, 2.75) is 13.5 Å². The van der Waals surface area contributed by atoms with E-state index in [-0.39, 0.29) is 6.54 Å². The highest BCUT2D eigenvalue weighted by atomic mass is 16.2. The lowest BCUT2D eigenvalue weighted by atomic mass is 10.2. The number of amides is 1. The zero-order valence-electron chi connectivity index (χ0n) is 12.6. The highest BCUT2D eigenvalue weighted by Crippen LogP contribution is 2.18. The van der Waals surface area contributed by atoms with Crippen molar-refractivity contribution in [3.8, 4) is 5.69 Å². The van der Waals surface area contributed by atoms with Crippen molar-refractivity contribution in [2.75, 3.05) is 5.32 Å². The van der Waals surface area contributed by atoms with E-state index in [4.69, 9.17) is 0 Å². The summed E-state index contributed by atoms with van der Waals surface area (Å²) in [5, 5.41) is 13.7. The second kappa shape index (κ2) is 6.28. The lowest BCUT2D eigenvalue weighted by molar-refractivity contribution is -0.116. The molecule has 0 spiro atoms. The number of hydrogen-bond donors (Lipinski definition) is 2. The van der Waals surface area contributed by atoms with E-state index >= 15 is 0 Å². The monoisotopic (exact) mass is 327 g/mol. The third-order valence-electron chi connectivity index (χ3n) is 3.30. The minimum absolute atomic E-state index is 0.219. The quantitative estimate of drug-likeness (QED) is 0.662. The van der Waals surface area contributed by atoms with Crippen LogP contribution in [0.4, 0.5) is 5.69 Å². The van der Waals surface area contributed by atoms with Gasteiger partial charge in [-0.05, 0) is 35.0 Å². The molecule has 122 valence electrons. The van der Waals surface area contributed by atoms with Gasteiger partial charge in [-0.25, -0.2) is 9.48 Å². The molecule has 0 fully saturated rings. The summed E-state index contributed by atoms with van der Waals surface area (Å²) in [6, 6.07) is 6.45. The van der Waals surface area contributed by atoms with Crippen LogP contribution in [-0.2, 0) is 11.3 Å². The van der Waals surface area contributed by atoms with Crippen molar-refractivity contribution < 1.29 is 4.79 Å². The Morgan fingerprint density at radius 3 is 2.83 bits per heavy atom. The topological polar surface area (TPSA) is 128 Å². The number of nitrogens with zero attached hydrogens (tertiary/aromatic N) is 5. The first-order valence-corrected chi connectivity index (χ1v) is 6.96. The molecule has 2 aromatic heterocycles. The van der Waals surface area contributed by atoms with Gasteiger partial charge in [-0.15, -0.1) is 5.10 Å². The molecule has 0 unspecified atom stereocenters. The fraction of sp³-hybridized carbons (Fsp3) is 0.143. The molecule has 3 rings (SSSR count). The summed E-state index contributed by atoms with van der Waals surface area (Å²) in [5.74, 6) is -0.407. The van der Waals surface area contributed by atoms with Crippen LogP contribution in [0.15, 0.2) is 46.4 Å². The van der Waals surface area contributed by atoms with Crippen molar-refractivity contribution in [3.05, 3.63) is 63.2 Å². The molecule has 0 saturated carbocycles. The number of hydrogen-bond acceptors (Lipinski definition) is 6. The number of aromatic amines is 1. The summed E-state index contributed by atoms with van der Waals surface area (Å²) in [6.07, 6.45) is 2.72. The molecule has 0 aliphatic rings. The van der Waals surface area contributed by atoms with E-state index in [0.717, 1.165) is 15.8 Å². The van der Waals surface area contributed by atoms with E-state index in [9.17, 15) is 14.4 Å². The maximum Gasteiger partial charge on any atom is 0.328 e. The summed E-state index contributed by atoms with van der Waals surface area (Å²) in [4.78, 5) is 36.8. The Balaban J connectivity index is 1.78. The third-order valence-corrected chi connectivity index (χ3v) is 3.30. The van der Waals surface area contributed by atoms with Crippen LogP contribution in [0.1, 0.15) is 5.56 Å². The number of benzene rings is 1. The lowest BCUT2D eigenvalue weighted by Crippen LogP contribution is -2.32. The number of carbonyl (C=O) groups is 1. The van der Waals surface area contributed by atoms with E-state index in [1.165, 1.54) is 23.3 Å². The van der Waals surface area contributed by atoms with E-state index in [2.05, 4.69) is 25.8 Å². The van der Waals surface area contributed by atoms with Gasteiger partial charge in [0.25, 0.3) is 5.56 Å². The third kappa shape index (κ3) is 3.27. The summed E-state index contributed by atoms with van der Waals surface area (Å²) < 4.78 is 2.59. The predicted octanol–water partition coefficient (Wildman–Crippen LogP) is -0.541. The Labute approximate surface area is 134 Å². The van der Waals surface area contributed by atoms with Gasteiger partial charge in [0.2, 0.25) is 5.91 Å². The smallest absolute Gasteiger partial charge is 0.324 e. The molecule has 1 aromatic carbocycles. The second-order valence-electron chi connectivity index (χ2n) is 5.04. The highest BCUT2D eigenvalue weighted by Gasteiger charge is 2.08. The van der Waals surface area contributed by atoms with Crippen molar-refractivity contribution in [3.63, 3.8) is 0 Å². The number of H-pyrrole nitrogens is 1. The van der Waals surface area contributed by atoms with Gasteiger partial charge in [-0.1, -0.05) is 6.07 Å². The summed E-state index contributed by atoms with van der Waals surface area (Å²) in [6.45, 7) is 1.67. The molecule has 2 heterocycles. The zero-order valence-corrected chi connectivity index (χ0v) is 12.6. The Bertz CT molecular complexity index is 988. The number of aryl methyl sites for hydroxylation is 1. The zero-order chi connectivity index (χ0) is 17.1. The molecular formula is C14H13N7O3. The maximum atomic E-state index is 12.1. The number of rotatable bonds is 4. The SMILES string of the molecule is Cc1ccc(NC(=O)Cn2ccc(=O)[nH]c2=O)cc1-n1cnnn1. The number of tetrazole rings is 1. The second-order valence-corrected chi connectivity index (χ2v) is 5.04. The fourth-order valence-corrected chi connectivity index (χ4v) is 2.13. The fourth-order valence-electron chi connectivity index (χ4n) is 2.13. The standard InChI is InChI=1S/C14H13N7O3/c1-9-2-3-10(6-11(9)21-8-15-18-19-21)16-13(23)7-20-5-4-12(22)17-14(20)24/h2-6,8H,7H2,1H3,(H,16,23)(H,17,22,24). The van der Waals surface area contributed by atoms with Gasteiger partial charge >= 0.3 is 5.69 Å². The highest BCUT2D eigenvalue weighted by molar-refractivity contribution is 5.90. The Morgan fingerprint density at radius 2 is 2.12 bits per heavy atom. The first-order chi connectivity index (χ1) is 11.5. The van der Waals surface area contributed by atoms with Gasteiger partial charge in [-0.3, -0.25) is 19.1 Å². The van der Waals surface area contributed by atoms with Crippen LogP contribution in [0.5, 0.6) is 0 Å². The van der Waals surface area contributed by atoms with Crippen LogP contribution >= 0.6 is 0 Å². The van der Waals surface area contributed by atoms with Crippen LogP contribution in [0.2, 0.25) is 0 Å². The lowest BCUT2D eigenvalue weighted by Gasteiger charge is -2.10. The molecule has 2 N–H and O–H groups in total. The van der Waals surface area contributed by atoms with E-state index in [0.29, 0.717) is 5.69 Å². The number of nitrogens with one attached hydrogen (secondary N) is 2. The van der Waals surface area contributed by atoms with Gasteiger partial charge in [0.05, 0.1) is 5.69 Å². The number of carbonyl (C=O) groups excluding carboxylic acids is 1. The van der Waals surface area contributed by atoms with Crippen LogP contribution in [0.3, 0.4) is 0 Å². The molecule has 10 nitrogen and oxygen atoms in total. The molecule has 0 radical (unpaired) electrons. The van der Waals surface area contributed by atoms with Crippen LogP contribution in [0.25, 0.3) is 5.69 Å². The number of anilines is 1. The largest absolute Gasteiger partial charge is 0.328 e. The first-order valence-electron chi connectivity index (χ1n) is 6.96. The van der Waals surface area contributed by atoms with Gasteiger partial charge < -0.3 is 5.32 Å². The molecule has 0 saturated heterocycles. The van der Waals surface area contributed by atoms with Crippen molar-refractivity contribution >= 4 is 11.6 Å². The normalized spacial score (nSPS) is 10.5. The van der Waals surface area contributed by atoms with E-state index in [1.54, 1.807) is 12.1 Å². The minimum Gasteiger partial charge on any atom is -0.324 e. The van der Waals surface area contributed by atoms with Gasteiger partial charge in [-0.2, -0.15) is 0 Å². The average Bonchev–Trinajstić information content (AvgIpc) is 3.06. The Kier molecular flexibility index (Phi) is 4.01. The molecule has 3 aromatic rings. The Hall–Kier alpha value is -3.56. The number of aromatic nitrogens is 6. The van der Waals surface area contributed by atoms with Crippen LogP contribution in [0, 0.1) is 6.92 Å². The van der Waals surface area contributed by atoms with Crippen LogP contribution in [-0.4, -0.2) is 35.7 Å². The van der Waals surface area contributed by atoms with Gasteiger partial charge in [0, 0.05) is 18.0 Å². The van der Waals surface area contributed by atoms with Gasteiger partial charge in [0.1, 0.15) is 12.9 Å². The van der Waals surface area contributed by atoms with E-state index in [1.807, 2.05) is 13.0 Å². The molecule has 24 heavy (non-hydrogen) atoms. The summed E-state index contributed by atoms with van der Waals surface area (Å²) >= 11 is 0. The average molecular weight is 327 g/mol. The summed E-state index contributed by atoms with van der Waals surface area (Å²) in [7, 11) is 0. The molecule has 1 amide bonds. The maximum absolute atomic E-state index is 12.1. The minimum atomic E-state index is -0.643. The predicted molar refractivity (Wildman–Crippen MR) is 83.8 cm³/mol. The molecule has 0 atom stereocenters. The molecule has 10 heteroatoms. The first kappa shape index (κ1) is 15.3. The van der Waals surface area contributed by atoms with Gasteiger partial charge in [0.15, 0.2) is 0 Å². The van der Waals surface area contributed by atoms with Crippen LogP contribution < -0.4 is 16.6 Å². The summed E-state index contributed by atoms with van der Waals surface area (Å²) in [5.41, 5.74) is 1.03. The molecule has 0 bridgehead atoms. The molecular weight excluding hydrogens is 314 g/mol. The van der Waals surface area contributed by atoms with Crippen molar-refractivity contribution in [2.24, 2.45) is 0 Å². The van der Waals surface area contributed by atoms with Crippen molar-refractivity contribution in [1.29, 1.82) is 0 Å². The molecule has 0 aliphatic heterocycles.